The second-order valence-electron chi connectivity index (χ2n) is 11.0. The van der Waals surface area contributed by atoms with Gasteiger partial charge in [-0.15, -0.1) is 0 Å². The molecule has 0 radical (unpaired) electrons. The van der Waals surface area contributed by atoms with Crippen molar-refractivity contribution in [2.24, 2.45) is 5.92 Å². The summed E-state index contributed by atoms with van der Waals surface area (Å²) in [5.74, 6) is 0.871. The van der Waals surface area contributed by atoms with Crippen molar-refractivity contribution < 1.29 is 10.2 Å². The minimum atomic E-state index is -0.369. The van der Waals surface area contributed by atoms with E-state index in [-0.39, 0.29) is 12.2 Å². The summed E-state index contributed by atoms with van der Waals surface area (Å²) in [5, 5.41) is 19.9. The van der Waals surface area contributed by atoms with Crippen molar-refractivity contribution >= 4 is 0 Å². The minimum Gasteiger partial charge on any atom is -0.393 e. The zero-order chi connectivity index (χ0) is 26.5. The normalized spacial score (nSPS) is 14.4. The molecule has 0 saturated heterocycles. The molecule has 0 spiro atoms. The first-order valence-corrected chi connectivity index (χ1v) is 15.5. The Labute approximate surface area is 226 Å². The van der Waals surface area contributed by atoms with Crippen LogP contribution in [0.1, 0.15) is 149 Å². The number of rotatable bonds is 26. The number of hydrogen-bond acceptors (Lipinski definition) is 2. The van der Waals surface area contributed by atoms with Crippen LogP contribution in [0.4, 0.5) is 0 Å². The first kappa shape index (κ1) is 34.9. The van der Waals surface area contributed by atoms with Gasteiger partial charge in [0.2, 0.25) is 0 Å². The molecule has 2 atom stereocenters. The van der Waals surface area contributed by atoms with Gasteiger partial charge < -0.3 is 10.2 Å². The first-order chi connectivity index (χ1) is 17.6. The zero-order valence-electron chi connectivity index (χ0n) is 24.4. The highest BCUT2D eigenvalue weighted by atomic mass is 16.3. The van der Waals surface area contributed by atoms with Crippen molar-refractivity contribution in [2.45, 2.75) is 161 Å². The molecule has 2 unspecified atom stereocenters. The average Bonchev–Trinajstić information content (AvgIpc) is 2.85. The topological polar surface area (TPSA) is 40.5 Å². The van der Waals surface area contributed by atoms with E-state index in [9.17, 15) is 10.2 Å². The molecule has 0 rings (SSSR count). The van der Waals surface area contributed by atoms with Crippen LogP contribution in [-0.2, 0) is 0 Å². The molecule has 2 nitrogen and oxygen atoms in total. The third-order valence-electron chi connectivity index (χ3n) is 6.71. The minimum absolute atomic E-state index is 0.233. The molecule has 0 bridgehead atoms. The van der Waals surface area contributed by atoms with Gasteiger partial charge in [0.05, 0.1) is 12.2 Å². The maximum absolute atomic E-state index is 10.1. The summed E-state index contributed by atoms with van der Waals surface area (Å²) in [7, 11) is 0. The molecule has 0 aromatic heterocycles. The second-order valence-corrected chi connectivity index (χ2v) is 11.0. The van der Waals surface area contributed by atoms with Gasteiger partial charge in [0.25, 0.3) is 0 Å². The van der Waals surface area contributed by atoms with E-state index < -0.39 is 0 Å². The lowest BCUT2D eigenvalue weighted by molar-refractivity contribution is 0.164. The molecular formula is C34H62O2. The van der Waals surface area contributed by atoms with Crippen LogP contribution >= 0.6 is 0 Å². The van der Waals surface area contributed by atoms with E-state index in [1.54, 1.807) is 0 Å². The van der Waals surface area contributed by atoms with Gasteiger partial charge in [-0.25, -0.2) is 0 Å². The fourth-order valence-corrected chi connectivity index (χ4v) is 4.37. The maximum atomic E-state index is 10.1. The maximum Gasteiger partial charge on any atom is 0.0755 e. The van der Waals surface area contributed by atoms with Crippen molar-refractivity contribution in [3.8, 4) is 0 Å². The van der Waals surface area contributed by atoms with Crippen molar-refractivity contribution in [1.29, 1.82) is 0 Å². The van der Waals surface area contributed by atoms with Crippen LogP contribution in [0.2, 0.25) is 0 Å². The summed E-state index contributed by atoms with van der Waals surface area (Å²) in [4.78, 5) is 0. The Morgan fingerprint density at radius 1 is 0.528 bits per heavy atom. The number of aliphatic hydroxyl groups excluding tert-OH is 2. The Kier molecular flexibility index (Phi) is 27.6. The number of unbranched alkanes of at least 4 members (excludes halogenated alkanes) is 12. The van der Waals surface area contributed by atoms with Gasteiger partial charge in [0.15, 0.2) is 0 Å². The van der Waals surface area contributed by atoms with Gasteiger partial charge >= 0.3 is 0 Å². The predicted octanol–water partition coefficient (Wildman–Crippen LogP) is 10.4. The summed E-state index contributed by atoms with van der Waals surface area (Å²) in [5.41, 5.74) is 0. The van der Waals surface area contributed by atoms with Crippen molar-refractivity contribution in [2.75, 3.05) is 0 Å². The molecule has 210 valence electrons. The van der Waals surface area contributed by atoms with Crippen LogP contribution in [0.5, 0.6) is 0 Å². The number of aliphatic hydroxyl groups is 2. The lowest BCUT2D eigenvalue weighted by Gasteiger charge is -2.06. The zero-order valence-corrected chi connectivity index (χ0v) is 24.4. The van der Waals surface area contributed by atoms with E-state index in [4.69, 9.17) is 0 Å². The van der Waals surface area contributed by atoms with E-state index in [1.165, 1.54) is 77.0 Å². The van der Waals surface area contributed by atoms with Gasteiger partial charge in [-0.05, 0) is 63.7 Å². The molecule has 2 heteroatoms. The average molecular weight is 503 g/mol. The summed E-state index contributed by atoms with van der Waals surface area (Å²) in [6.07, 6.45) is 40.4. The van der Waals surface area contributed by atoms with Crippen molar-refractivity contribution in [1.82, 2.24) is 0 Å². The highest BCUT2D eigenvalue weighted by molar-refractivity contribution is 4.95. The van der Waals surface area contributed by atoms with Crippen LogP contribution < -0.4 is 0 Å². The van der Waals surface area contributed by atoms with Gasteiger partial charge in [-0.3, -0.25) is 0 Å². The lowest BCUT2D eigenvalue weighted by Crippen LogP contribution is -2.04. The van der Waals surface area contributed by atoms with Crippen LogP contribution in [-0.4, -0.2) is 22.4 Å². The lowest BCUT2D eigenvalue weighted by atomic mass is 10.0. The Morgan fingerprint density at radius 3 is 1.72 bits per heavy atom. The molecule has 0 fully saturated rings. The Balaban J connectivity index is 3.42. The Hall–Kier alpha value is -1.12. The largest absolute Gasteiger partial charge is 0.393 e. The van der Waals surface area contributed by atoms with Gasteiger partial charge in [-0.1, -0.05) is 140 Å². The number of hydrogen-bond donors (Lipinski definition) is 2. The van der Waals surface area contributed by atoms with E-state index in [1.807, 2.05) is 12.2 Å². The van der Waals surface area contributed by atoms with Crippen LogP contribution in [0.3, 0.4) is 0 Å². The molecular weight excluding hydrogens is 440 g/mol. The van der Waals surface area contributed by atoms with E-state index >= 15 is 0 Å². The SMILES string of the molecule is CC/C=C\CC(O)/C=C/CCCCC(O)C/C=C\C/C=C\CCCCCCCCCCCCC(C)C. The summed E-state index contributed by atoms with van der Waals surface area (Å²) >= 11 is 0. The Bertz CT molecular complexity index is 543. The van der Waals surface area contributed by atoms with E-state index in [2.05, 4.69) is 57.2 Å². The Morgan fingerprint density at radius 2 is 1.06 bits per heavy atom. The molecule has 0 aromatic carbocycles. The molecule has 2 N–H and O–H groups in total. The quantitative estimate of drug-likeness (QED) is 0.0912. The highest BCUT2D eigenvalue weighted by Gasteiger charge is 2.01. The van der Waals surface area contributed by atoms with Crippen molar-refractivity contribution in [3.05, 3.63) is 48.6 Å². The molecule has 36 heavy (non-hydrogen) atoms. The van der Waals surface area contributed by atoms with Gasteiger partial charge in [0, 0.05) is 0 Å². The highest BCUT2D eigenvalue weighted by Crippen LogP contribution is 2.14. The standard InChI is InChI=1S/C34H62O2/c1-4-5-22-28-33(35)30-25-20-21-26-31-34(36)29-24-19-17-15-13-11-9-7-6-8-10-12-14-16-18-23-27-32(2)3/h5,13,15,19,22,24-25,30,32-36H,4,6-12,14,16-18,20-21,23,26-29,31H2,1-3H3/b15-13-,22-5-,24-19-,30-25+. The van der Waals surface area contributed by atoms with Crippen molar-refractivity contribution in [3.63, 3.8) is 0 Å². The van der Waals surface area contributed by atoms with Gasteiger partial charge in [0.1, 0.15) is 0 Å². The first-order valence-electron chi connectivity index (χ1n) is 15.5. The molecule has 0 saturated carbocycles. The number of allylic oxidation sites excluding steroid dienone is 5. The third-order valence-corrected chi connectivity index (χ3v) is 6.71. The molecule has 0 aliphatic rings. The van der Waals surface area contributed by atoms with Crippen LogP contribution in [0, 0.1) is 5.92 Å². The molecule has 0 aliphatic heterocycles. The smallest absolute Gasteiger partial charge is 0.0755 e. The molecule has 0 amide bonds. The van der Waals surface area contributed by atoms with E-state index in [0.29, 0.717) is 6.42 Å². The summed E-state index contributed by atoms with van der Waals surface area (Å²) in [6.45, 7) is 6.75. The van der Waals surface area contributed by atoms with Crippen LogP contribution in [0.15, 0.2) is 48.6 Å². The predicted molar refractivity (Wildman–Crippen MR) is 161 cm³/mol. The fourth-order valence-electron chi connectivity index (χ4n) is 4.37. The summed E-state index contributed by atoms with van der Waals surface area (Å²) < 4.78 is 0. The second kappa shape index (κ2) is 28.5. The fraction of sp³-hybridized carbons (Fsp3) is 0.765. The monoisotopic (exact) mass is 502 g/mol. The molecule has 0 aromatic rings. The van der Waals surface area contributed by atoms with Crippen LogP contribution in [0.25, 0.3) is 0 Å². The molecule has 0 aliphatic carbocycles. The molecule has 0 heterocycles. The summed E-state index contributed by atoms with van der Waals surface area (Å²) in [6, 6.07) is 0. The third kappa shape index (κ3) is 29.1. The van der Waals surface area contributed by atoms with E-state index in [0.717, 1.165) is 50.9 Å². The van der Waals surface area contributed by atoms with Gasteiger partial charge in [-0.2, -0.15) is 0 Å².